The number of benzene rings is 3. The lowest BCUT2D eigenvalue weighted by atomic mass is 10.2. The third kappa shape index (κ3) is 4.08. The summed E-state index contributed by atoms with van der Waals surface area (Å²) >= 11 is 3.02. The van der Waals surface area contributed by atoms with Crippen LogP contribution in [0.5, 0.6) is 0 Å². The minimum absolute atomic E-state index is 0.167. The van der Waals surface area contributed by atoms with Crippen molar-refractivity contribution in [1.29, 1.82) is 0 Å². The van der Waals surface area contributed by atoms with E-state index in [0.717, 1.165) is 26.1 Å². The molecule has 0 bridgehead atoms. The number of amides is 1. The normalized spacial score (nSPS) is 12.1. The maximum Gasteiger partial charge on any atom is 0.316 e. The van der Waals surface area contributed by atoms with E-state index in [9.17, 15) is 9.59 Å². The summed E-state index contributed by atoms with van der Waals surface area (Å²) in [5.74, 6) is -0.506. The van der Waals surface area contributed by atoms with Gasteiger partial charge in [-0.15, -0.1) is 11.8 Å². The van der Waals surface area contributed by atoms with Crippen LogP contribution in [-0.2, 0) is 14.3 Å². The second-order valence-electron chi connectivity index (χ2n) is 6.03. The number of rotatable bonds is 5. The van der Waals surface area contributed by atoms with Crippen LogP contribution in [-0.4, -0.2) is 24.2 Å². The van der Waals surface area contributed by atoms with Crippen LogP contribution in [0.1, 0.15) is 0 Å². The molecule has 0 unspecified atom stereocenters. The fraction of sp³-hybridized carbons (Fsp3) is 0.0909. The van der Waals surface area contributed by atoms with Crippen LogP contribution in [0.4, 0.5) is 11.4 Å². The van der Waals surface area contributed by atoms with Gasteiger partial charge in [0.05, 0.1) is 17.1 Å². The van der Waals surface area contributed by atoms with Gasteiger partial charge >= 0.3 is 5.97 Å². The Labute approximate surface area is 171 Å². The largest absolute Gasteiger partial charge is 0.455 e. The smallest absolute Gasteiger partial charge is 0.316 e. The van der Waals surface area contributed by atoms with Gasteiger partial charge < -0.3 is 4.74 Å². The van der Waals surface area contributed by atoms with Gasteiger partial charge in [-0.3, -0.25) is 14.5 Å². The van der Waals surface area contributed by atoms with Crippen LogP contribution in [0, 0.1) is 0 Å². The first-order valence-electron chi connectivity index (χ1n) is 8.75. The number of carbonyl (C=O) groups is 2. The Bertz CT molecular complexity index is 962. The first-order chi connectivity index (χ1) is 13.7. The molecule has 0 aromatic heterocycles. The molecule has 28 heavy (non-hydrogen) atoms. The van der Waals surface area contributed by atoms with Crippen molar-refractivity contribution in [3.05, 3.63) is 78.9 Å². The van der Waals surface area contributed by atoms with Gasteiger partial charge in [0.15, 0.2) is 6.61 Å². The Balaban J connectivity index is 1.44. The van der Waals surface area contributed by atoms with Gasteiger partial charge in [-0.1, -0.05) is 54.2 Å². The van der Waals surface area contributed by atoms with Crippen LogP contribution in [0.15, 0.2) is 93.5 Å². The zero-order valence-corrected chi connectivity index (χ0v) is 16.5. The van der Waals surface area contributed by atoms with E-state index in [4.69, 9.17) is 4.74 Å². The Hall–Kier alpha value is -2.70. The van der Waals surface area contributed by atoms with E-state index >= 15 is 0 Å². The number of carbonyl (C=O) groups excluding carboxylic acids is 2. The van der Waals surface area contributed by atoms with Gasteiger partial charge in [0, 0.05) is 14.7 Å². The molecule has 4 rings (SSSR count). The monoisotopic (exact) mass is 407 g/mol. The quantitative estimate of drug-likeness (QED) is 0.432. The van der Waals surface area contributed by atoms with Crippen LogP contribution >= 0.6 is 23.5 Å². The number of ether oxygens (including phenoxy) is 1. The van der Waals surface area contributed by atoms with Gasteiger partial charge in [-0.2, -0.15) is 0 Å². The molecule has 1 heterocycles. The predicted octanol–water partition coefficient (Wildman–Crippen LogP) is 5.15. The first kappa shape index (κ1) is 18.7. The highest BCUT2D eigenvalue weighted by Crippen LogP contribution is 2.47. The number of hydrogen-bond donors (Lipinski definition) is 0. The summed E-state index contributed by atoms with van der Waals surface area (Å²) in [5, 5.41) is 0. The summed E-state index contributed by atoms with van der Waals surface area (Å²) in [6.45, 7) is -0.290. The Morgan fingerprint density at radius 3 is 2.04 bits per heavy atom. The van der Waals surface area contributed by atoms with Crippen LogP contribution in [0.3, 0.4) is 0 Å². The van der Waals surface area contributed by atoms with Gasteiger partial charge in [-0.25, -0.2) is 0 Å². The second kappa shape index (κ2) is 8.54. The lowest BCUT2D eigenvalue weighted by Gasteiger charge is -2.30. The summed E-state index contributed by atoms with van der Waals surface area (Å²) in [6, 6.07) is 25.1. The lowest BCUT2D eigenvalue weighted by Crippen LogP contribution is -2.32. The number of fused-ring (bicyclic) bond motifs is 2. The Kier molecular flexibility index (Phi) is 5.69. The molecule has 0 fully saturated rings. The summed E-state index contributed by atoms with van der Waals surface area (Å²) in [7, 11) is 0. The van der Waals surface area contributed by atoms with Crippen molar-refractivity contribution in [2.45, 2.75) is 14.7 Å². The molecule has 1 aliphatic heterocycles. The Morgan fingerprint density at radius 1 is 0.821 bits per heavy atom. The number of anilines is 2. The molecule has 3 aromatic carbocycles. The number of hydrogen-bond acceptors (Lipinski definition) is 5. The minimum Gasteiger partial charge on any atom is -0.455 e. The molecule has 0 N–H and O–H groups in total. The number of nitrogens with zero attached hydrogens (tertiary/aromatic N) is 1. The molecule has 0 atom stereocenters. The van der Waals surface area contributed by atoms with Gasteiger partial charge in [0.2, 0.25) is 0 Å². The van der Waals surface area contributed by atoms with Crippen molar-refractivity contribution in [2.24, 2.45) is 0 Å². The van der Waals surface area contributed by atoms with E-state index < -0.39 is 5.97 Å². The molecule has 1 amide bonds. The Morgan fingerprint density at radius 2 is 1.39 bits per heavy atom. The summed E-state index contributed by atoms with van der Waals surface area (Å²) in [6.07, 6.45) is 0. The van der Waals surface area contributed by atoms with E-state index in [2.05, 4.69) is 0 Å². The number of thioether (sulfide) groups is 1. The first-order valence-corrected chi connectivity index (χ1v) is 10.5. The van der Waals surface area contributed by atoms with E-state index in [1.807, 2.05) is 78.9 Å². The van der Waals surface area contributed by atoms with Crippen molar-refractivity contribution in [2.75, 3.05) is 17.3 Å². The average molecular weight is 408 g/mol. The molecule has 140 valence electrons. The second-order valence-corrected chi connectivity index (χ2v) is 8.16. The van der Waals surface area contributed by atoms with E-state index in [-0.39, 0.29) is 18.3 Å². The average Bonchev–Trinajstić information content (AvgIpc) is 2.75. The van der Waals surface area contributed by atoms with Crippen molar-refractivity contribution < 1.29 is 14.3 Å². The van der Waals surface area contributed by atoms with E-state index in [1.165, 1.54) is 11.8 Å². The molecular weight excluding hydrogens is 390 g/mol. The molecule has 0 spiro atoms. The third-order valence-electron chi connectivity index (χ3n) is 4.14. The van der Waals surface area contributed by atoms with Crippen LogP contribution in [0.2, 0.25) is 0 Å². The van der Waals surface area contributed by atoms with Gasteiger partial charge in [0.25, 0.3) is 5.91 Å². The molecule has 3 aromatic rings. The van der Waals surface area contributed by atoms with E-state index in [0.29, 0.717) is 0 Å². The highest BCUT2D eigenvalue weighted by molar-refractivity contribution is 8.00. The fourth-order valence-electron chi connectivity index (χ4n) is 2.88. The summed E-state index contributed by atoms with van der Waals surface area (Å²) < 4.78 is 5.25. The van der Waals surface area contributed by atoms with Crippen LogP contribution < -0.4 is 4.90 Å². The molecule has 6 heteroatoms. The summed E-state index contributed by atoms with van der Waals surface area (Å²) in [4.78, 5) is 29.6. The van der Waals surface area contributed by atoms with Crippen molar-refractivity contribution >= 4 is 46.8 Å². The molecule has 0 radical (unpaired) electrons. The zero-order valence-electron chi connectivity index (χ0n) is 14.9. The summed E-state index contributed by atoms with van der Waals surface area (Å²) in [5.41, 5.74) is 1.62. The van der Waals surface area contributed by atoms with Crippen LogP contribution in [0.25, 0.3) is 0 Å². The molecule has 1 aliphatic rings. The fourth-order valence-corrected chi connectivity index (χ4v) is 4.66. The highest BCUT2D eigenvalue weighted by Gasteiger charge is 2.28. The molecule has 0 saturated carbocycles. The molecular formula is C22H17NO3S2. The SMILES string of the molecule is O=C(CSc1ccccc1)OCC(=O)N1c2ccccc2Sc2ccccc21. The lowest BCUT2D eigenvalue weighted by molar-refractivity contribution is -0.144. The predicted molar refractivity (Wildman–Crippen MR) is 112 cm³/mol. The topological polar surface area (TPSA) is 46.6 Å². The third-order valence-corrected chi connectivity index (χ3v) is 6.25. The molecule has 4 nitrogen and oxygen atoms in total. The maximum absolute atomic E-state index is 12.9. The highest BCUT2D eigenvalue weighted by atomic mass is 32.2. The van der Waals surface area contributed by atoms with E-state index in [1.54, 1.807) is 16.7 Å². The van der Waals surface area contributed by atoms with Crippen molar-refractivity contribution in [1.82, 2.24) is 0 Å². The molecule has 0 aliphatic carbocycles. The number of para-hydroxylation sites is 2. The van der Waals surface area contributed by atoms with Gasteiger partial charge in [-0.05, 0) is 36.4 Å². The maximum atomic E-state index is 12.9. The molecule has 0 saturated heterocycles. The standard InChI is InChI=1S/C22H17NO3S2/c24-21(14-26-22(25)15-27-16-8-2-1-3-9-16)23-17-10-4-6-12-19(17)28-20-13-7-5-11-18(20)23/h1-13H,14-15H2. The van der Waals surface area contributed by atoms with Crippen molar-refractivity contribution in [3.8, 4) is 0 Å². The van der Waals surface area contributed by atoms with Crippen molar-refractivity contribution in [3.63, 3.8) is 0 Å². The number of esters is 1. The zero-order chi connectivity index (χ0) is 19.3. The minimum atomic E-state index is -0.407. The van der Waals surface area contributed by atoms with Gasteiger partial charge in [0.1, 0.15) is 0 Å².